The summed E-state index contributed by atoms with van der Waals surface area (Å²) < 4.78 is 11.3. The van der Waals surface area contributed by atoms with Gasteiger partial charge in [0.05, 0.1) is 6.21 Å². The molecule has 0 bridgehead atoms. The van der Waals surface area contributed by atoms with Crippen LogP contribution in [-0.2, 0) is 17.8 Å². The number of carbonyl (C=O) groups excluding carboxylic acids is 1. The lowest BCUT2D eigenvalue weighted by Gasteiger charge is -2.07. The van der Waals surface area contributed by atoms with E-state index < -0.39 is 0 Å². The fourth-order valence-corrected chi connectivity index (χ4v) is 2.88. The van der Waals surface area contributed by atoms with Crippen molar-refractivity contribution < 1.29 is 14.3 Å². The van der Waals surface area contributed by atoms with Crippen molar-refractivity contribution in [3.05, 3.63) is 95.6 Å². The van der Waals surface area contributed by atoms with E-state index >= 15 is 0 Å². The topological polar surface area (TPSA) is 59.9 Å². The summed E-state index contributed by atoms with van der Waals surface area (Å²) in [7, 11) is 0. The molecule has 5 nitrogen and oxygen atoms in total. The number of nitrogens with zero attached hydrogens (tertiary/aromatic N) is 1. The van der Waals surface area contributed by atoms with Crippen molar-refractivity contribution in [2.45, 2.75) is 32.8 Å². The van der Waals surface area contributed by atoms with Gasteiger partial charge in [-0.15, -0.1) is 0 Å². The minimum Gasteiger partial charge on any atom is -0.489 e. The van der Waals surface area contributed by atoms with Gasteiger partial charge in [0, 0.05) is 0 Å². The summed E-state index contributed by atoms with van der Waals surface area (Å²) in [6, 6.07) is 25.4. The van der Waals surface area contributed by atoms with Crippen LogP contribution in [0.25, 0.3) is 0 Å². The molecule has 31 heavy (non-hydrogen) atoms. The van der Waals surface area contributed by atoms with Crippen LogP contribution < -0.4 is 14.9 Å². The lowest BCUT2D eigenvalue weighted by molar-refractivity contribution is -0.123. The number of carbonyl (C=O) groups is 1. The summed E-state index contributed by atoms with van der Waals surface area (Å²) >= 11 is 0. The van der Waals surface area contributed by atoms with E-state index in [0.29, 0.717) is 12.4 Å². The lowest BCUT2D eigenvalue weighted by atomic mass is 10.1. The Balaban J connectivity index is 1.38. The Labute approximate surface area is 183 Å². The first-order chi connectivity index (χ1) is 15.2. The molecule has 1 N–H and O–H groups in total. The van der Waals surface area contributed by atoms with Crippen LogP contribution in [0.15, 0.2) is 84.0 Å². The molecule has 3 rings (SSSR count). The normalized spacial score (nSPS) is 10.7. The SMILES string of the molecule is CCCCc1ccc(OCC(=O)NN=Cc2ccc(OCc3ccccc3)cc2)cc1. The Morgan fingerprint density at radius 2 is 1.55 bits per heavy atom. The van der Waals surface area contributed by atoms with Gasteiger partial charge < -0.3 is 9.47 Å². The number of amides is 1. The molecule has 3 aromatic rings. The van der Waals surface area contributed by atoms with E-state index in [4.69, 9.17) is 9.47 Å². The molecule has 0 heterocycles. The molecule has 0 aromatic heterocycles. The van der Waals surface area contributed by atoms with Crippen molar-refractivity contribution in [2.75, 3.05) is 6.61 Å². The molecule has 0 fully saturated rings. The maximum atomic E-state index is 11.9. The third-order valence-electron chi connectivity index (χ3n) is 4.64. The van der Waals surface area contributed by atoms with Crippen molar-refractivity contribution >= 4 is 12.1 Å². The van der Waals surface area contributed by atoms with Crippen molar-refractivity contribution in [3.63, 3.8) is 0 Å². The molecular weight excluding hydrogens is 388 g/mol. The van der Waals surface area contributed by atoms with Gasteiger partial charge in [0.15, 0.2) is 6.61 Å². The zero-order chi connectivity index (χ0) is 21.7. The van der Waals surface area contributed by atoms with Crippen LogP contribution in [0.5, 0.6) is 11.5 Å². The highest BCUT2D eigenvalue weighted by Gasteiger charge is 2.02. The van der Waals surface area contributed by atoms with E-state index in [0.717, 1.165) is 23.3 Å². The summed E-state index contributed by atoms with van der Waals surface area (Å²) in [5, 5.41) is 3.98. The molecule has 0 aliphatic heterocycles. The lowest BCUT2D eigenvalue weighted by Crippen LogP contribution is -2.24. The largest absolute Gasteiger partial charge is 0.489 e. The fraction of sp³-hybridized carbons (Fsp3) is 0.231. The van der Waals surface area contributed by atoms with E-state index in [-0.39, 0.29) is 12.5 Å². The van der Waals surface area contributed by atoms with Crippen LogP contribution >= 0.6 is 0 Å². The number of aryl methyl sites for hydroxylation is 1. The number of benzene rings is 3. The first kappa shape index (κ1) is 22.1. The van der Waals surface area contributed by atoms with Crippen LogP contribution in [0.2, 0.25) is 0 Å². The van der Waals surface area contributed by atoms with E-state index in [1.165, 1.54) is 18.4 Å². The minimum absolute atomic E-state index is 0.0854. The minimum atomic E-state index is -0.311. The van der Waals surface area contributed by atoms with Gasteiger partial charge in [0.1, 0.15) is 18.1 Å². The molecule has 0 saturated carbocycles. The van der Waals surface area contributed by atoms with E-state index in [9.17, 15) is 4.79 Å². The molecule has 0 unspecified atom stereocenters. The van der Waals surface area contributed by atoms with Gasteiger partial charge >= 0.3 is 0 Å². The molecule has 3 aromatic carbocycles. The zero-order valence-corrected chi connectivity index (χ0v) is 17.8. The van der Waals surface area contributed by atoms with Gasteiger partial charge in [-0.05, 0) is 65.9 Å². The standard InChI is InChI=1S/C26H28N2O3/c1-2-3-7-21-10-14-25(15-11-21)31-20-26(29)28-27-18-22-12-16-24(17-13-22)30-19-23-8-5-4-6-9-23/h4-6,8-18H,2-3,7,19-20H2,1H3,(H,28,29). The Bertz CT molecular complexity index is 952. The molecule has 5 heteroatoms. The van der Waals surface area contributed by atoms with Gasteiger partial charge in [-0.25, -0.2) is 5.43 Å². The maximum Gasteiger partial charge on any atom is 0.277 e. The number of unbranched alkanes of at least 4 members (excludes halogenated alkanes) is 1. The number of nitrogens with one attached hydrogen (secondary N) is 1. The highest BCUT2D eigenvalue weighted by molar-refractivity contribution is 5.83. The zero-order valence-electron chi connectivity index (χ0n) is 17.8. The molecule has 0 saturated heterocycles. The second-order valence-electron chi connectivity index (χ2n) is 7.17. The van der Waals surface area contributed by atoms with Crippen LogP contribution in [0.3, 0.4) is 0 Å². The van der Waals surface area contributed by atoms with Crippen LogP contribution in [0.1, 0.15) is 36.5 Å². The van der Waals surface area contributed by atoms with Gasteiger partial charge in [-0.2, -0.15) is 5.10 Å². The monoisotopic (exact) mass is 416 g/mol. The number of rotatable bonds is 11. The molecular formula is C26H28N2O3. The van der Waals surface area contributed by atoms with Crippen molar-refractivity contribution in [1.82, 2.24) is 5.43 Å². The summed E-state index contributed by atoms with van der Waals surface area (Å²) in [5.41, 5.74) is 5.73. The number of ether oxygens (including phenoxy) is 2. The maximum absolute atomic E-state index is 11.9. The predicted molar refractivity (Wildman–Crippen MR) is 124 cm³/mol. The molecule has 0 atom stereocenters. The summed E-state index contributed by atoms with van der Waals surface area (Å²) in [5.74, 6) is 1.14. The predicted octanol–water partition coefficient (Wildman–Crippen LogP) is 5.14. The Morgan fingerprint density at radius 1 is 0.871 bits per heavy atom. The van der Waals surface area contributed by atoms with E-state index in [1.807, 2.05) is 78.9 Å². The van der Waals surface area contributed by atoms with Gasteiger partial charge in [-0.1, -0.05) is 55.8 Å². The molecule has 0 radical (unpaired) electrons. The summed E-state index contributed by atoms with van der Waals surface area (Å²) in [6.45, 7) is 2.61. The Hall–Kier alpha value is -3.60. The number of hydrogen-bond donors (Lipinski definition) is 1. The molecule has 1 amide bonds. The highest BCUT2D eigenvalue weighted by atomic mass is 16.5. The second-order valence-corrected chi connectivity index (χ2v) is 7.17. The van der Waals surface area contributed by atoms with Gasteiger partial charge in [0.25, 0.3) is 5.91 Å². The fourth-order valence-electron chi connectivity index (χ4n) is 2.88. The van der Waals surface area contributed by atoms with Crippen LogP contribution in [0, 0.1) is 0 Å². The smallest absolute Gasteiger partial charge is 0.277 e. The van der Waals surface area contributed by atoms with E-state index in [1.54, 1.807) is 6.21 Å². The molecule has 0 aliphatic rings. The van der Waals surface area contributed by atoms with Crippen LogP contribution in [-0.4, -0.2) is 18.7 Å². The van der Waals surface area contributed by atoms with Crippen molar-refractivity contribution in [2.24, 2.45) is 5.10 Å². The Kier molecular flexibility index (Phi) is 8.68. The average molecular weight is 417 g/mol. The molecule has 0 aliphatic carbocycles. The third-order valence-corrected chi connectivity index (χ3v) is 4.64. The quantitative estimate of drug-likeness (QED) is 0.348. The first-order valence-electron chi connectivity index (χ1n) is 10.5. The van der Waals surface area contributed by atoms with Crippen LogP contribution in [0.4, 0.5) is 0 Å². The van der Waals surface area contributed by atoms with Gasteiger partial charge in [0.2, 0.25) is 0 Å². The van der Waals surface area contributed by atoms with Gasteiger partial charge in [-0.3, -0.25) is 4.79 Å². The number of hydrogen-bond acceptors (Lipinski definition) is 4. The Morgan fingerprint density at radius 3 is 2.26 bits per heavy atom. The molecule has 160 valence electrons. The highest BCUT2D eigenvalue weighted by Crippen LogP contribution is 2.14. The number of hydrazone groups is 1. The van der Waals surface area contributed by atoms with Crippen molar-refractivity contribution in [1.29, 1.82) is 0 Å². The molecule has 0 spiro atoms. The third kappa shape index (κ3) is 7.97. The average Bonchev–Trinajstić information content (AvgIpc) is 2.82. The van der Waals surface area contributed by atoms with Crippen molar-refractivity contribution in [3.8, 4) is 11.5 Å². The first-order valence-corrected chi connectivity index (χ1v) is 10.5. The van der Waals surface area contributed by atoms with E-state index in [2.05, 4.69) is 17.5 Å². The summed E-state index contributed by atoms with van der Waals surface area (Å²) in [4.78, 5) is 11.9. The second kappa shape index (κ2) is 12.2. The summed E-state index contributed by atoms with van der Waals surface area (Å²) in [6.07, 6.45) is 4.99.